The van der Waals surface area contributed by atoms with Gasteiger partial charge in [0.25, 0.3) is 0 Å². The molecule has 4 amide bonds. The molecule has 53 heavy (non-hydrogen) atoms. The fourth-order valence-electron chi connectivity index (χ4n) is 5.61. The monoisotopic (exact) mass is 747 g/mol. The molecule has 2 atom stereocenters. The van der Waals surface area contributed by atoms with Crippen molar-refractivity contribution in [1.29, 1.82) is 0 Å². The van der Waals surface area contributed by atoms with Crippen LogP contribution >= 0.6 is 11.6 Å². The SMILES string of the molecule is CCOC(OCC)[C@H](C)N(Cc1cccc2cccnc12)C(=O)[C@H](Cc1ccc(OC(C)(C)C)cc1)NC(=O)CONC(=O)NCc1ccc(Cl)cc1. The van der Waals surface area contributed by atoms with Crippen LogP contribution in [0.25, 0.3) is 10.9 Å². The average Bonchev–Trinajstić information content (AvgIpc) is 3.13. The number of benzene rings is 3. The van der Waals surface area contributed by atoms with Crippen molar-refractivity contribution in [3.05, 3.63) is 107 Å². The molecule has 1 heterocycles. The summed E-state index contributed by atoms with van der Waals surface area (Å²) in [6, 6.07) is 21.8. The maximum atomic E-state index is 14.8. The van der Waals surface area contributed by atoms with Gasteiger partial charge in [-0.2, -0.15) is 0 Å². The van der Waals surface area contributed by atoms with Crippen molar-refractivity contribution in [2.75, 3.05) is 19.8 Å². The fraction of sp³-hybridized carbons (Fsp3) is 0.400. The average molecular weight is 748 g/mol. The predicted molar refractivity (Wildman–Crippen MR) is 204 cm³/mol. The molecule has 0 spiro atoms. The number of amides is 4. The van der Waals surface area contributed by atoms with Gasteiger partial charge in [-0.05, 0) is 88.6 Å². The van der Waals surface area contributed by atoms with Crippen molar-refractivity contribution < 1.29 is 33.4 Å². The first-order valence-electron chi connectivity index (χ1n) is 17.7. The number of para-hydroxylation sites is 1. The number of halogens is 1. The molecule has 4 aromatic rings. The van der Waals surface area contributed by atoms with E-state index in [0.717, 1.165) is 27.6 Å². The Kier molecular flexibility index (Phi) is 15.4. The summed E-state index contributed by atoms with van der Waals surface area (Å²) in [6.07, 6.45) is 1.13. The number of pyridine rings is 1. The van der Waals surface area contributed by atoms with Crippen LogP contribution in [0.1, 0.15) is 58.2 Å². The molecule has 3 aromatic carbocycles. The largest absolute Gasteiger partial charge is 0.488 e. The number of nitrogens with zero attached hydrogens (tertiary/aromatic N) is 2. The zero-order chi connectivity index (χ0) is 38.4. The molecule has 0 saturated heterocycles. The number of fused-ring (bicyclic) bond motifs is 1. The highest BCUT2D eigenvalue weighted by atomic mass is 35.5. The molecule has 4 rings (SSSR count). The van der Waals surface area contributed by atoms with Crippen LogP contribution in [0.4, 0.5) is 4.79 Å². The number of hydroxylamine groups is 1. The van der Waals surface area contributed by atoms with E-state index in [9.17, 15) is 14.4 Å². The number of rotatable bonds is 18. The smallest absolute Gasteiger partial charge is 0.338 e. The Morgan fingerprint density at radius 3 is 2.21 bits per heavy atom. The van der Waals surface area contributed by atoms with Crippen LogP contribution in [0.5, 0.6) is 5.75 Å². The Balaban J connectivity index is 1.56. The second-order valence-corrected chi connectivity index (χ2v) is 13.8. The molecule has 0 aliphatic rings. The summed E-state index contributed by atoms with van der Waals surface area (Å²) in [4.78, 5) is 52.0. The molecule has 1 aromatic heterocycles. The van der Waals surface area contributed by atoms with E-state index < -0.39 is 36.9 Å². The molecule has 13 heteroatoms. The molecule has 0 saturated carbocycles. The lowest BCUT2D eigenvalue weighted by molar-refractivity contribution is -0.179. The topological polar surface area (TPSA) is 140 Å². The quantitative estimate of drug-likeness (QED) is 0.0792. The van der Waals surface area contributed by atoms with Gasteiger partial charge in [-0.25, -0.2) is 10.3 Å². The summed E-state index contributed by atoms with van der Waals surface area (Å²) < 4.78 is 17.9. The molecule has 0 unspecified atom stereocenters. The van der Waals surface area contributed by atoms with Crippen molar-refractivity contribution in [2.45, 2.75) is 85.0 Å². The second kappa shape index (κ2) is 19.9. The zero-order valence-electron chi connectivity index (χ0n) is 31.2. The lowest BCUT2D eigenvalue weighted by Gasteiger charge is -2.36. The van der Waals surface area contributed by atoms with E-state index in [2.05, 4.69) is 21.1 Å². The van der Waals surface area contributed by atoms with Crippen molar-refractivity contribution >= 4 is 40.3 Å². The lowest BCUT2D eigenvalue weighted by atomic mass is 10.0. The van der Waals surface area contributed by atoms with E-state index in [1.54, 1.807) is 35.4 Å². The van der Waals surface area contributed by atoms with Crippen LogP contribution in [0.2, 0.25) is 5.02 Å². The van der Waals surface area contributed by atoms with Gasteiger partial charge in [-0.3, -0.25) is 19.4 Å². The highest BCUT2D eigenvalue weighted by Gasteiger charge is 2.34. The van der Waals surface area contributed by atoms with E-state index in [1.807, 2.05) is 96.1 Å². The maximum absolute atomic E-state index is 14.8. The van der Waals surface area contributed by atoms with Gasteiger partial charge in [-0.1, -0.05) is 60.1 Å². The number of urea groups is 1. The van der Waals surface area contributed by atoms with Crippen LogP contribution in [-0.4, -0.2) is 71.5 Å². The first kappa shape index (κ1) is 41.0. The van der Waals surface area contributed by atoms with E-state index in [1.165, 1.54) is 0 Å². The number of hydrogen-bond acceptors (Lipinski definition) is 8. The van der Waals surface area contributed by atoms with E-state index >= 15 is 0 Å². The van der Waals surface area contributed by atoms with Crippen LogP contribution in [0.3, 0.4) is 0 Å². The summed E-state index contributed by atoms with van der Waals surface area (Å²) in [5, 5.41) is 7.01. The molecule has 0 radical (unpaired) electrons. The molecule has 0 aliphatic heterocycles. The third kappa shape index (κ3) is 13.0. The number of aromatic nitrogens is 1. The van der Waals surface area contributed by atoms with Crippen molar-refractivity contribution in [3.8, 4) is 5.75 Å². The minimum atomic E-state index is -1.03. The Bertz CT molecular complexity index is 1770. The Labute approximate surface area is 316 Å². The fourth-order valence-corrected chi connectivity index (χ4v) is 5.74. The van der Waals surface area contributed by atoms with Gasteiger partial charge in [0, 0.05) is 49.3 Å². The van der Waals surface area contributed by atoms with Crippen LogP contribution in [0.15, 0.2) is 85.1 Å². The summed E-state index contributed by atoms with van der Waals surface area (Å²) >= 11 is 5.93. The molecule has 12 nitrogen and oxygen atoms in total. The second-order valence-electron chi connectivity index (χ2n) is 13.4. The molecule has 3 N–H and O–H groups in total. The van der Waals surface area contributed by atoms with Gasteiger partial charge < -0.3 is 29.7 Å². The lowest BCUT2D eigenvalue weighted by Crippen LogP contribution is -2.55. The summed E-state index contributed by atoms with van der Waals surface area (Å²) in [5.41, 5.74) is 5.03. The molecular formula is C40H50ClN5O7. The van der Waals surface area contributed by atoms with Crippen molar-refractivity contribution in [2.24, 2.45) is 0 Å². The van der Waals surface area contributed by atoms with Crippen LogP contribution in [0, 0.1) is 0 Å². The third-order valence-electron chi connectivity index (χ3n) is 8.04. The first-order chi connectivity index (χ1) is 25.4. The Morgan fingerprint density at radius 1 is 0.887 bits per heavy atom. The van der Waals surface area contributed by atoms with Crippen LogP contribution < -0.4 is 20.9 Å². The zero-order valence-corrected chi connectivity index (χ0v) is 31.9. The summed E-state index contributed by atoms with van der Waals surface area (Å²) in [6.45, 7) is 12.1. The Hall–Kier alpha value is -4.75. The summed E-state index contributed by atoms with van der Waals surface area (Å²) in [5.74, 6) is -0.302. The van der Waals surface area contributed by atoms with Gasteiger partial charge in [0.15, 0.2) is 12.9 Å². The normalized spacial score (nSPS) is 12.6. The van der Waals surface area contributed by atoms with E-state index in [0.29, 0.717) is 24.0 Å². The molecule has 0 aliphatic carbocycles. The highest BCUT2D eigenvalue weighted by molar-refractivity contribution is 6.30. The van der Waals surface area contributed by atoms with E-state index in [4.69, 9.17) is 30.6 Å². The van der Waals surface area contributed by atoms with Gasteiger partial charge in [0.05, 0.1) is 11.6 Å². The molecule has 0 fully saturated rings. The molecular weight excluding hydrogens is 698 g/mol. The maximum Gasteiger partial charge on any atom is 0.338 e. The minimum Gasteiger partial charge on any atom is -0.488 e. The van der Waals surface area contributed by atoms with Gasteiger partial charge >= 0.3 is 6.03 Å². The number of carbonyl (C=O) groups excluding carboxylic acids is 3. The molecule has 284 valence electrons. The highest BCUT2D eigenvalue weighted by Crippen LogP contribution is 2.23. The number of carbonyl (C=O) groups is 3. The van der Waals surface area contributed by atoms with Crippen molar-refractivity contribution in [1.82, 2.24) is 26.0 Å². The minimum absolute atomic E-state index is 0.153. The van der Waals surface area contributed by atoms with Gasteiger partial charge in [0.1, 0.15) is 17.4 Å². The predicted octanol–water partition coefficient (Wildman–Crippen LogP) is 6.34. The Morgan fingerprint density at radius 2 is 1.55 bits per heavy atom. The molecule has 0 bridgehead atoms. The third-order valence-corrected chi connectivity index (χ3v) is 8.29. The van der Waals surface area contributed by atoms with Gasteiger partial charge in [-0.15, -0.1) is 0 Å². The number of ether oxygens (including phenoxy) is 3. The number of nitrogens with one attached hydrogen (secondary N) is 3. The van der Waals surface area contributed by atoms with Crippen LogP contribution in [-0.2, 0) is 43.4 Å². The first-order valence-corrected chi connectivity index (χ1v) is 18.1. The van der Waals surface area contributed by atoms with Crippen molar-refractivity contribution in [3.63, 3.8) is 0 Å². The standard InChI is InChI=1S/C40H50ClN5O7/c1-7-50-38(51-8-2)27(3)46(25-31-12-9-11-30-13-10-22-42-36(30)31)37(48)34(23-28-16-20-33(21-17-28)53-40(4,5)6)44-35(47)26-52-45-39(49)43-24-29-14-18-32(41)19-15-29/h9-22,27,34,38H,7-8,23-26H2,1-6H3,(H,44,47)(H2,43,45,49)/t27-,34-/m0/s1. The van der Waals surface area contributed by atoms with E-state index in [-0.39, 0.29) is 31.0 Å². The van der Waals surface area contributed by atoms with Gasteiger partial charge in [0.2, 0.25) is 11.8 Å². The number of hydrogen-bond donors (Lipinski definition) is 3. The summed E-state index contributed by atoms with van der Waals surface area (Å²) in [7, 11) is 0.